The number of halogens is 1. The zero-order valence-corrected chi connectivity index (χ0v) is 32.0. The number of methoxy groups -OCH3 is 1. The highest BCUT2D eigenvalue weighted by Crippen LogP contribution is 2.52. The minimum Gasteiger partial charge on any atom is -0.494 e. The quantitative estimate of drug-likeness (QED) is 0.243. The molecule has 2 N–H and O–H groups in total. The maximum absolute atomic E-state index is 14.4. The van der Waals surface area contributed by atoms with Crippen molar-refractivity contribution in [2.24, 2.45) is 21.7 Å². The summed E-state index contributed by atoms with van der Waals surface area (Å²) >= 11 is 6.31. The molecule has 16 heteroatoms. The number of fused-ring (bicyclic) bond motifs is 1. The minimum absolute atomic E-state index is 0.0128. The molecular formula is C36H46ClN5O9S. The molecule has 5 atom stereocenters. The summed E-state index contributed by atoms with van der Waals surface area (Å²) in [4.78, 5) is 64.5. The molecule has 0 spiro atoms. The Labute approximate surface area is 308 Å². The molecule has 282 valence electrons. The van der Waals surface area contributed by atoms with Crippen LogP contribution in [0.2, 0.25) is 5.02 Å². The van der Waals surface area contributed by atoms with E-state index < -0.39 is 79.6 Å². The zero-order valence-electron chi connectivity index (χ0n) is 30.4. The number of carbonyl (C=O) groups is 4. The van der Waals surface area contributed by atoms with E-state index >= 15 is 0 Å². The fourth-order valence-corrected chi connectivity index (χ4v) is 7.74. The Hall–Kier alpha value is -4.24. The van der Waals surface area contributed by atoms with Crippen molar-refractivity contribution in [1.29, 1.82) is 0 Å². The van der Waals surface area contributed by atoms with Gasteiger partial charge in [0.05, 0.1) is 30.5 Å². The number of nitrogens with one attached hydrogen (secondary N) is 2. The molecule has 0 unspecified atom stereocenters. The number of sulfonamides is 1. The first-order valence-corrected chi connectivity index (χ1v) is 19.0. The third-order valence-electron chi connectivity index (χ3n) is 9.27. The van der Waals surface area contributed by atoms with Gasteiger partial charge in [-0.25, -0.2) is 23.2 Å². The standard InChI is InChI=1S/C36H46ClN5O9S/c1-9-20-16-36(20,32(45)41-52(47,48)23-11-12-23)19-39-29(43)26-15-22(50-30-25-14-21(37)10-13-24(25)27(49-8)17-38-30)18-42(26)31(44)28(34(2,3)4)40-33(46)51-35(5,6)7/h9-10,13-14,17,19-20,22-23,26,28H,1,11-12,15-16,18H2,2-8H3,(H,40,46)(H,41,45)/t20-,22-,26+,28-,36-/m1/s1. The van der Waals surface area contributed by atoms with Gasteiger partial charge in [0.25, 0.3) is 5.91 Å². The Kier molecular flexibility index (Phi) is 10.7. The number of pyridine rings is 1. The summed E-state index contributed by atoms with van der Waals surface area (Å²) in [7, 11) is -2.34. The van der Waals surface area contributed by atoms with Crippen LogP contribution in [0.1, 0.15) is 67.2 Å². The van der Waals surface area contributed by atoms with Crippen molar-refractivity contribution >= 4 is 62.4 Å². The van der Waals surface area contributed by atoms with E-state index in [1.54, 1.807) is 59.7 Å². The number of ether oxygens (including phenoxy) is 3. The van der Waals surface area contributed by atoms with Gasteiger partial charge >= 0.3 is 6.09 Å². The number of allylic oxidation sites excluding steroid dienone is 1. The molecule has 2 aromatic rings. The van der Waals surface area contributed by atoms with E-state index in [0.717, 1.165) is 6.21 Å². The number of carbonyl (C=O) groups excluding carboxylic acids is 4. The molecule has 0 bridgehead atoms. The molecule has 1 aliphatic heterocycles. The molecule has 3 fully saturated rings. The van der Waals surface area contributed by atoms with E-state index in [1.807, 2.05) is 0 Å². The summed E-state index contributed by atoms with van der Waals surface area (Å²) in [5.74, 6) is -1.87. The van der Waals surface area contributed by atoms with Gasteiger partial charge in [-0.05, 0) is 69.6 Å². The maximum Gasteiger partial charge on any atom is 0.408 e. The second-order valence-corrected chi connectivity index (χ2v) is 18.0. The van der Waals surface area contributed by atoms with Gasteiger partial charge in [0.2, 0.25) is 27.7 Å². The highest BCUT2D eigenvalue weighted by atomic mass is 35.5. The van der Waals surface area contributed by atoms with Crippen LogP contribution in [-0.4, -0.2) is 91.0 Å². The normalized spacial score (nSPS) is 23.9. The predicted molar refractivity (Wildman–Crippen MR) is 195 cm³/mol. The number of aromatic nitrogens is 1. The summed E-state index contributed by atoms with van der Waals surface area (Å²) in [5.41, 5.74) is -3.05. The van der Waals surface area contributed by atoms with Crippen molar-refractivity contribution in [3.63, 3.8) is 0 Å². The molecule has 0 radical (unpaired) electrons. The van der Waals surface area contributed by atoms with Crippen LogP contribution < -0.4 is 19.5 Å². The van der Waals surface area contributed by atoms with Crippen LogP contribution in [0.3, 0.4) is 0 Å². The lowest BCUT2D eigenvalue weighted by atomic mass is 9.85. The SMILES string of the molecule is C=C[C@@H]1C[C@]1(C=NC(=O)[C@@H]1C[C@@H](Oc2ncc(OC)c3ccc(Cl)cc23)CN1C(=O)[C@@H](NC(=O)OC(C)(C)C)C(C)(C)C)C(=O)NS(=O)(=O)C1CC1. The lowest BCUT2D eigenvalue weighted by Crippen LogP contribution is -2.57. The van der Waals surface area contributed by atoms with E-state index in [0.29, 0.717) is 34.4 Å². The van der Waals surface area contributed by atoms with Crippen LogP contribution in [0.25, 0.3) is 10.8 Å². The van der Waals surface area contributed by atoms with Gasteiger partial charge in [-0.1, -0.05) is 38.4 Å². The predicted octanol–water partition coefficient (Wildman–Crippen LogP) is 4.58. The minimum atomic E-state index is -3.86. The Morgan fingerprint density at radius 2 is 1.83 bits per heavy atom. The van der Waals surface area contributed by atoms with E-state index in [2.05, 4.69) is 26.6 Å². The average molecular weight is 760 g/mol. The van der Waals surface area contributed by atoms with Gasteiger partial charge in [0, 0.05) is 28.4 Å². The molecule has 5 rings (SSSR count). The molecular weight excluding hydrogens is 714 g/mol. The summed E-state index contributed by atoms with van der Waals surface area (Å²) in [6.45, 7) is 14.1. The largest absolute Gasteiger partial charge is 0.494 e. The van der Waals surface area contributed by atoms with Gasteiger partial charge < -0.3 is 24.4 Å². The number of likely N-dealkylation sites (tertiary alicyclic amines) is 1. The van der Waals surface area contributed by atoms with Gasteiger partial charge in [0.1, 0.15) is 29.5 Å². The number of rotatable bonds is 11. The van der Waals surface area contributed by atoms with Gasteiger partial charge in [0.15, 0.2) is 0 Å². The van der Waals surface area contributed by atoms with E-state index in [-0.39, 0.29) is 25.3 Å². The summed E-state index contributed by atoms with van der Waals surface area (Å²) < 4.78 is 44.5. The van der Waals surface area contributed by atoms with Crippen molar-refractivity contribution in [2.75, 3.05) is 13.7 Å². The van der Waals surface area contributed by atoms with Crippen LogP contribution in [0.4, 0.5) is 4.79 Å². The molecule has 2 aliphatic carbocycles. The molecule has 1 aromatic carbocycles. The number of alkyl carbamates (subject to hydrolysis) is 1. The zero-order chi connectivity index (χ0) is 38.4. The molecule has 1 aromatic heterocycles. The van der Waals surface area contributed by atoms with Crippen molar-refractivity contribution in [2.45, 2.75) is 96.3 Å². The van der Waals surface area contributed by atoms with Crippen LogP contribution in [-0.2, 0) is 29.1 Å². The van der Waals surface area contributed by atoms with E-state index in [9.17, 15) is 27.6 Å². The first-order valence-electron chi connectivity index (χ1n) is 17.1. The highest BCUT2D eigenvalue weighted by Gasteiger charge is 2.59. The summed E-state index contributed by atoms with van der Waals surface area (Å²) in [6, 6.07) is 2.84. The lowest BCUT2D eigenvalue weighted by Gasteiger charge is -2.35. The maximum atomic E-state index is 14.4. The smallest absolute Gasteiger partial charge is 0.408 e. The number of amides is 4. The third kappa shape index (κ3) is 8.52. The fraction of sp³-hybridized carbons (Fsp3) is 0.556. The highest BCUT2D eigenvalue weighted by molar-refractivity contribution is 7.91. The average Bonchev–Trinajstić information content (AvgIpc) is 3.97. The molecule has 2 saturated carbocycles. The first kappa shape index (κ1) is 39.0. The van der Waals surface area contributed by atoms with Crippen molar-refractivity contribution < 1.29 is 41.8 Å². The third-order valence-corrected chi connectivity index (χ3v) is 11.3. The Morgan fingerprint density at radius 1 is 1.13 bits per heavy atom. The molecule has 1 saturated heterocycles. The lowest BCUT2D eigenvalue weighted by molar-refractivity contribution is -0.141. The topological polar surface area (TPSA) is 183 Å². The van der Waals surface area contributed by atoms with Crippen LogP contribution in [0.5, 0.6) is 11.6 Å². The summed E-state index contributed by atoms with van der Waals surface area (Å²) in [5, 5.41) is 3.72. The number of aliphatic imine (C=N–C) groups is 1. The molecule has 52 heavy (non-hydrogen) atoms. The molecule has 2 heterocycles. The molecule has 14 nitrogen and oxygen atoms in total. The second-order valence-electron chi connectivity index (χ2n) is 15.6. The molecule has 3 aliphatic rings. The number of nitrogens with zero attached hydrogens (tertiary/aromatic N) is 3. The van der Waals surface area contributed by atoms with Gasteiger partial charge in [-0.2, -0.15) is 0 Å². The van der Waals surface area contributed by atoms with Crippen molar-refractivity contribution in [3.05, 3.63) is 42.1 Å². The molecule has 4 amide bonds. The Bertz CT molecular complexity index is 1920. The van der Waals surface area contributed by atoms with Crippen molar-refractivity contribution in [1.82, 2.24) is 19.9 Å². The monoisotopic (exact) mass is 759 g/mol. The van der Waals surface area contributed by atoms with Crippen LogP contribution in [0, 0.1) is 16.7 Å². The van der Waals surface area contributed by atoms with Gasteiger partial charge in [-0.15, -0.1) is 6.58 Å². The van der Waals surface area contributed by atoms with Crippen LogP contribution >= 0.6 is 11.6 Å². The fourth-order valence-electron chi connectivity index (χ4n) is 6.20. The number of hydrogen-bond donors (Lipinski definition) is 2. The van der Waals surface area contributed by atoms with Crippen molar-refractivity contribution in [3.8, 4) is 11.6 Å². The summed E-state index contributed by atoms with van der Waals surface area (Å²) in [6.07, 6.45) is 3.74. The Morgan fingerprint density at radius 3 is 2.40 bits per heavy atom. The van der Waals surface area contributed by atoms with Gasteiger partial charge in [-0.3, -0.25) is 19.1 Å². The first-order chi connectivity index (χ1) is 24.2. The van der Waals surface area contributed by atoms with Crippen LogP contribution in [0.15, 0.2) is 42.0 Å². The number of hydrogen-bond acceptors (Lipinski definition) is 10. The van der Waals surface area contributed by atoms with E-state index in [4.69, 9.17) is 25.8 Å². The Balaban J connectivity index is 1.46. The van der Waals surface area contributed by atoms with E-state index in [1.165, 1.54) is 24.3 Å². The number of benzene rings is 1. The second kappa shape index (κ2) is 14.3.